The lowest BCUT2D eigenvalue weighted by Gasteiger charge is -2.13. The molecule has 1 aromatic carbocycles. The zero-order chi connectivity index (χ0) is 18.5. The zero-order valence-corrected chi connectivity index (χ0v) is 14.2. The van der Waals surface area contributed by atoms with Crippen molar-refractivity contribution in [3.8, 4) is 5.75 Å². The SMILES string of the molecule is O=C(O)C(=O)O.[C-]#[N+]c1cccc(OCCCCCN2CCCC2)c1. The molecule has 0 radical (unpaired) electrons. The summed E-state index contributed by atoms with van der Waals surface area (Å²) in [6.07, 6.45) is 6.33. The number of unbranched alkanes of at least 4 members (excludes halogenated alkanes) is 2. The predicted molar refractivity (Wildman–Crippen MR) is 93.0 cm³/mol. The van der Waals surface area contributed by atoms with Gasteiger partial charge in [0, 0.05) is 0 Å². The summed E-state index contributed by atoms with van der Waals surface area (Å²) in [5.41, 5.74) is 0.645. The van der Waals surface area contributed by atoms with E-state index in [4.69, 9.17) is 31.1 Å². The molecule has 0 atom stereocenters. The van der Waals surface area contributed by atoms with Crippen molar-refractivity contribution in [2.45, 2.75) is 32.1 Å². The molecule has 7 nitrogen and oxygen atoms in total. The number of aliphatic carboxylic acids is 2. The number of ether oxygens (including phenoxy) is 1. The largest absolute Gasteiger partial charge is 0.495 e. The Morgan fingerprint density at radius 3 is 2.40 bits per heavy atom. The number of hydrogen-bond acceptors (Lipinski definition) is 4. The molecule has 0 aliphatic carbocycles. The first-order valence-electron chi connectivity index (χ1n) is 8.32. The zero-order valence-electron chi connectivity index (χ0n) is 14.2. The molecule has 1 aromatic rings. The second kappa shape index (κ2) is 11.9. The number of carboxylic acid groups (broad SMARTS) is 2. The molecule has 1 aliphatic heterocycles. The molecule has 1 heterocycles. The fourth-order valence-corrected chi connectivity index (χ4v) is 2.45. The van der Waals surface area contributed by atoms with Gasteiger partial charge in [-0.3, -0.25) is 0 Å². The van der Waals surface area contributed by atoms with Crippen molar-refractivity contribution < 1.29 is 24.5 Å². The van der Waals surface area contributed by atoms with Crippen LogP contribution >= 0.6 is 0 Å². The number of nitrogens with zero attached hydrogens (tertiary/aromatic N) is 2. The molecular formula is C18H24N2O5. The molecule has 2 rings (SSSR count). The number of carbonyl (C=O) groups is 2. The molecule has 0 spiro atoms. The highest BCUT2D eigenvalue weighted by atomic mass is 16.5. The Bertz CT molecular complexity index is 579. The minimum Gasteiger partial charge on any atom is -0.495 e. The van der Waals surface area contributed by atoms with Crippen LogP contribution in [-0.2, 0) is 9.59 Å². The van der Waals surface area contributed by atoms with Crippen LogP contribution in [0.2, 0.25) is 0 Å². The molecule has 0 amide bonds. The Morgan fingerprint density at radius 2 is 1.80 bits per heavy atom. The molecular weight excluding hydrogens is 324 g/mol. The van der Waals surface area contributed by atoms with Gasteiger partial charge in [-0.15, -0.1) is 0 Å². The molecule has 1 saturated heterocycles. The van der Waals surface area contributed by atoms with Gasteiger partial charge in [-0.1, -0.05) is 12.1 Å². The van der Waals surface area contributed by atoms with Crippen LogP contribution in [0.5, 0.6) is 5.75 Å². The lowest BCUT2D eigenvalue weighted by molar-refractivity contribution is -0.159. The van der Waals surface area contributed by atoms with E-state index in [1.165, 1.54) is 45.3 Å². The van der Waals surface area contributed by atoms with E-state index >= 15 is 0 Å². The maximum absolute atomic E-state index is 9.10. The van der Waals surface area contributed by atoms with E-state index in [0.717, 1.165) is 18.8 Å². The summed E-state index contributed by atoms with van der Waals surface area (Å²) >= 11 is 0. The molecule has 0 aromatic heterocycles. The van der Waals surface area contributed by atoms with Crippen molar-refractivity contribution in [1.82, 2.24) is 4.90 Å². The lowest BCUT2D eigenvalue weighted by Crippen LogP contribution is -2.20. The highest BCUT2D eigenvalue weighted by Gasteiger charge is 2.09. The first-order chi connectivity index (χ1) is 12.0. The van der Waals surface area contributed by atoms with E-state index in [9.17, 15) is 0 Å². The maximum Gasteiger partial charge on any atom is 0.414 e. The third-order valence-electron chi connectivity index (χ3n) is 3.72. The molecule has 2 N–H and O–H groups in total. The lowest BCUT2D eigenvalue weighted by atomic mass is 10.2. The van der Waals surface area contributed by atoms with Crippen LogP contribution in [0.1, 0.15) is 32.1 Å². The van der Waals surface area contributed by atoms with Crippen molar-refractivity contribution >= 4 is 17.6 Å². The van der Waals surface area contributed by atoms with Gasteiger partial charge in [0.1, 0.15) is 5.75 Å². The van der Waals surface area contributed by atoms with E-state index in [0.29, 0.717) is 5.69 Å². The van der Waals surface area contributed by atoms with Crippen LogP contribution in [0.15, 0.2) is 24.3 Å². The van der Waals surface area contributed by atoms with E-state index in [-0.39, 0.29) is 0 Å². The van der Waals surface area contributed by atoms with Crippen molar-refractivity contribution in [3.05, 3.63) is 35.7 Å². The number of carboxylic acids is 2. The predicted octanol–water partition coefficient (Wildman–Crippen LogP) is 3.04. The Balaban J connectivity index is 0.000000450. The number of likely N-dealkylation sites (tertiary alicyclic amines) is 1. The normalized spacial score (nSPS) is 13.4. The van der Waals surface area contributed by atoms with Crippen molar-refractivity contribution in [2.24, 2.45) is 0 Å². The Hall–Kier alpha value is -2.59. The van der Waals surface area contributed by atoms with Gasteiger partial charge in [0.2, 0.25) is 0 Å². The monoisotopic (exact) mass is 348 g/mol. The first kappa shape index (κ1) is 20.5. The van der Waals surface area contributed by atoms with E-state index in [1.807, 2.05) is 12.1 Å². The molecule has 0 saturated carbocycles. The average Bonchev–Trinajstić information content (AvgIpc) is 3.12. The second-order valence-corrected chi connectivity index (χ2v) is 5.68. The number of hydrogen-bond donors (Lipinski definition) is 2. The fraction of sp³-hybridized carbons (Fsp3) is 0.500. The van der Waals surface area contributed by atoms with Gasteiger partial charge in [0.15, 0.2) is 5.69 Å². The summed E-state index contributed by atoms with van der Waals surface area (Å²) in [7, 11) is 0. The number of benzene rings is 1. The standard InChI is InChI=1S/C16H22N2O.C2H2O4/c1-17-15-8-7-9-16(14-15)19-13-6-2-3-10-18-11-4-5-12-18;3-1(4)2(5)6/h7-9,14H,2-6,10-13H2;(H,3,4)(H,5,6). The van der Waals surface area contributed by atoms with E-state index < -0.39 is 11.9 Å². The van der Waals surface area contributed by atoms with Gasteiger partial charge in [-0.05, 0) is 63.9 Å². The molecule has 136 valence electrons. The van der Waals surface area contributed by atoms with Gasteiger partial charge >= 0.3 is 11.9 Å². The van der Waals surface area contributed by atoms with Crippen LogP contribution in [0.3, 0.4) is 0 Å². The van der Waals surface area contributed by atoms with Gasteiger partial charge in [0.25, 0.3) is 0 Å². The smallest absolute Gasteiger partial charge is 0.414 e. The molecule has 25 heavy (non-hydrogen) atoms. The summed E-state index contributed by atoms with van der Waals surface area (Å²) in [4.78, 5) is 24.2. The van der Waals surface area contributed by atoms with Crippen molar-refractivity contribution in [2.75, 3.05) is 26.2 Å². The van der Waals surface area contributed by atoms with Crippen molar-refractivity contribution in [1.29, 1.82) is 0 Å². The molecule has 1 fully saturated rings. The van der Waals surface area contributed by atoms with E-state index in [2.05, 4.69) is 9.74 Å². The first-order valence-corrected chi connectivity index (χ1v) is 8.32. The third kappa shape index (κ3) is 9.33. The van der Waals surface area contributed by atoms with Gasteiger partial charge in [-0.25, -0.2) is 14.4 Å². The minimum absolute atomic E-state index is 0.645. The summed E-state index contributed by atoms with van der Waals surface area (Å²) in [5.74, 6) is -2.84. The van der Waals surface area contributed by atoms with Crippen molar-refractivity contribution in [3.63, 3.8) is 0 Å². The third-order valence-corrected chi connectivity index (χ3v) is 3.72. The topological polar surface area (TPSA) is 91.4 Å². The van der Waals surface area contributed by atoms with Crippen LogP contribution in [0.4, 0.5) is 5.69 Å². The maximum atomic E-state index is 9.10. The second-order valence-electron chi connectivity index (χ2n) is 5.68. The summed E-state index contributed by atoms with van der Waals surface area (Å²) < 4.78 is 5.66. The summed E-state index contributed by atoms with van der Waals surface area (Å²) in [5, 5.41) is 14.8. The average molecular weight is 348 g/mol. The Labute approximate surface area is 147 Å². The van der Waals surface area contributed by atoms with Gasteiger partial charge < -0.3 is 19.8 Å². The number of rotatable bonds is 7. The summed E-state index contributed by atoms with van der Waals surface area (Å²) in [6, 6.07) is 7.39. The molecule has 0 bridgehead atoms. The van der Waals surface area contributed by atoms with Crippen LogP contribution < -0.4 is 4.74 Å². The van der Waals surface area contributed by atoms with Gasteiger partial charge in [-0.2, -0.15) is 0 Å². The summed E-state index contributed by atoms with van der Waals surface area (Å²) in [6.45, 7) is 11.5. The quantitative estimate of drug-likeness (QED) is 0.447. The molecule has 7 heteroatoms. The Morgan fingerprint density at radius 1 is 1.12 bits per heavy atom. The Kier molecular flexibility index (Phi) is 9.71. The van der Waals surface area contributed by atoms with Crippen LogP contribution in [0.25, 0.3) is 4.85 Å². The fourth-order valence-electron chi connectivity index (χ4n) is 2.45. The molecule has 0 unspecified atom stereocenters. The minimum atomic E-state index is -1.82. The highest BCUT2D eigenvalue weighted by Crippen LogP contribution is 2.19. The van der Waals surface area contributed by atoms with Gasteiger partial charge in [0.05, 0.1) is 13.2 Å². The van der Waals surface area contributed by atoms with Crippen LogP contribution in [0, 0.1) is 6.57 Å². The molecule has 1 aliphatic rings. The van der Waals surface area contributed by atoms with E-state index in [1.54, 1.807) is 12.1 Å². The highest BCUT2D eigenvalue weighted by molar-refractivity contribution is 6.27. The van der Waals surface area contributed by atoms with Crippen LogP contribution in [-0.4, -0.2) is 53.3 Å².